The molecule has 0 saturated carbocycles. The molecule has 3 aromatic rings. The molecule has 6 nitrogen and oxygen atoms in total. The van der Waals surface area contributed by atoms with Crippen molar-refractivity contribution in [3.05, 3.63) is 95.1 Å². The van der Waals surface area contributed by atoms with Crippen LogP contribution in [0.2, 0.25) is 0 Å². The van der Waals surface area contributed by atoms with Crippen LogP contribution in [0.15, 0.2) is 72.8 Å². The molecule has 3 rings (SSSR count). The molecule has 0 radical (unpaired) electrons. The third kappa shape index (κ3) is 3.86. The minimum atomic E-state index is -0.836. The van der Waals surface area contributed by atoms with Crippen molar-refractivity contribution in [2.24, 2.45) is 0 Å². The number of ketones is 4. The standard InChI is InChI=1S/C22H14O6/c23-17-8-4-13(5-9-17)19(25)21(27)15-2-1-3-16(12-15)22(28)20(26)14-6-10-18(24)11-7-14/h1-12,23-24H. The van der Waals surface area contributed by atoms with Crippen molar-refractivity contribution in [3.8, 4) is 11.5 Å². The van der Waals surface area contributed by atoms with Crippen molar-refractivity contribution in [3.63, 3.8) is 0 Å². The van der Waals surface area contributed by atoms with Crippen LogP contribution < -0.4 is 0 Å². The van der Waals surface area contributed by atoms with E-state index in [0.717, 1.165) is 0 Å². The molecule has 138 valence electrons. The average Bonchev–Trinajstić information content (AvgIpc) is 2.73. The van der Waals surface area contributed by atoms with Gasteiger partial charge in [-0.3, -0.25) is 19.2 Å². The van der Waals surface area contributed by atoms with E-state index in [1.165, 1.54) is 72.8 Å². The second kappa shape index (κ2) is 7.67. The maximum absolute atomic E-state index is 12.4. The molecule has 0 aromatic heterocycles. The summed E-state index contributed by atoms with van der Waals surface area (Å²) >= 11 is 0. The highest BCUT2D eigenvalue weighted by molar-refractivity contribution is 6.51. The number of hydrogen-bond acceptors (Lipinski definition) is 6. The predicted molar refractivity (Wildman–Crippen MR) is 100.0 cm³/mol. The number of carbonyl (C=O) groups is 4. The van der Waals surface area contributed by atoms with Gasteiger partial charge in [-0.2, -0.15) is 0 Å². The fraction of sp³-hybridized carbons (Fsp3) is 0. The van der Waals surface area contributed by atoms with Crippen LogP contribution in [0.3, 0.4) is 0 Å². The van der Waals surface area contributed by atoms with Crippen LogP contribution in [0.5, 0.6) is 11.5 Å². The van der Waals surface area contributed by atoms with Crippen LogP contribution in [0, 0.1) is 0 Å². The third-order valence-electron chi connectivity index (χ3n) is 4.06. The van der Waals surface area contributed by atoms with Crippen molar-refractivity contribution in [2.45, 2.75) is 0 Å². The Labute approximate surface area is 159 Å². The lowest BCUT2D eigenvalue weighted by atomic mass is 9.96. The summed E-state index contributed by atoms with van der Waals surface area (Å²) in [5, 5.41) is 18.5. The van der Waals surface area contributed by atoms with Gasteiger partial charge in [0.15, 0.2) is 0 Å². The zero-order valence-corrected chi connectivity index (χ0v) is 14.5. The summed E-state index contributed by atoms with van der Waals surface area (Å²) in [7, 11) is 0. The smallest absolute Gasteiger partial charge is 0.233 e. The highest BCUT2D eigenvalue weighted by Gasteiger charge is 2.22. The number of aromatic hydroxyl groups is 2. The predicted octanol–water partition coefficient (Wildman–Crippen LogP) is 3.23. The van der Waals surface area contributed by atoms with Crippen LogP contribution in [0.4, 0.5) is 0 Å². The van der Waals surface area contributed by atoms with Gasteiger partial charge < -0.3 is 10.2 Å². The first kappa shape index (κ1) is 18.7. The van der Waals surface area contributed by atoms with E-state index < -0.39 is 23.1 Å². The normalized spacial score (nSPS) is 10.3. The zero-order valence-electron chi connectivity index (χ0n) is 14.5. The molecule has 0 heterocycles. The number of benzene rings is 3. The first-order valence-corrected chi connectivity index (χ1v) is 8.23. The molecule has 0 fully saturated rings. The molecular formula is C22H14O6. The van der Waals surface area contributed by atoms with E-state index in [4.69, 9.17) is 0 Å². The fourth-order valence-corrected chi connectivity index (χ4v) is 2.55. The molecule has 0 spiro atoms. The van der Waals surface area contributed by atoms with Gasteiger partial charge >= 0.3 is 0 Å². The number of phenols is 2. The van der Waals surface area contributed by atoms with Gasteiger partial charge in [-0.05, 0) is 54.6 Å². The molecule has 3 aromatic carbocycles. The van der Waals surface area contributed by atoms with Gasteiger partial charge in [-0.15, -0.1) is 0 Å². The van der Waals surface area contributed by atoms with Gasteiger partial charge in [0.05, 0.1) is 0 Å². The molecule has 2 N–H and O–H groups in total. The Hall–Kier alpha value is -4.06. The van der Waals surface area contributed by atoms with Gasteiger partial charge in [0.1, 0.15) is 11.5 Å². The molecule has 0 bridgehead atoms. The quantitative estimate of drug-likeness (QED) is 0.506. The number of Topliss-reactive ketones (excluding diaryl/α,β-unsaturated/α-hetero) is 4. The monoisotopic (exact) mass is 374 g/mol. The summed E-state index contributed by atoms with van der Waals surface area (Å²) in [6, 6.07) is 15.8. The lowest BCUT2D eigenvalue weighted by Crippen LogP contribution is -2.17. The maximum Gasteiger partial charge on any atom is 0.233 e. The van der Waals surface area contributed by atoms with E-state index in [-0.39, 0.29) is 33.8 Å². The van der Waals surface area contributed by atoms with E-state index in [2.05, 4.69) is 0 Å². The number of carbonyl (C=O) groups excluding carboxylic acids is 4. The van der Waals surface area contributed by atoms with E-state index in [1.54, 1.807) is 0 Å². The van der Waals surface area contributed by atoms with Gasteiger partial charge in [0, 0.05) is 22.3 Å². The Morgan fingerprint density at radius 1 is 0.464 bits per heavy atom. The van der Waals surface area contributed by atoms with Crippen LogP contribution in [-0.2, 0) is 0 Å². The Morgan fingerprint density at radius 3 is 1.14 bits per heavy atom. The molecule has 28 heavy (non-hydrogen) atoms. The number of phenolic OH excluding ortho intramolecular Hbond substituents is 2. The SMILES string of the molecule is O=C(C(=O)c1cccc(C(=O)C(=O)c2ccc(O)cc2)c1)c1ccc(O)cc1. The van der Waals surface area contributed by atoms with Crippen LogP contribution >= 0.6 is 0 Å². The first-order valence-electron chi connectivity index (χ1n) is 8.23. The highest BCUT2D eigenvalue weighted by Crippen LogP contribution is 2.16. The third-order valence-corrected chi connectivity index (χ3v) is 4.06. The van der Waals surface area contributed by atoms with E-state index >= 15 is 0 Å². The summed E-state index contributed by atoms with van der Waals surface area (Å²) in [6.07, 6.45) is 0. The summed E-state index contributed by atoms with van der Waals surface area (Å²) < 4.78 is 0. The summed E-state index contributed by atoms with van der Waals surface area (Å²) in [4.78, 5) is 49.5. The minimum absolute atomic E-state index is 0.0255. The zero-order chi connectivity index (χ0) is 20.3. The first-order chi connectivity index (χ1) is 13.4. The van der Waals surface area contributed by atoms with Crippen molar-refractivity contribution in [2.75, 3.05) is 0 Å². The van der Waals surface area contributed by atoms with Gasteiger partial charge in [-0.25, -0.2) is 0 Å². The Morgan fingerprint density at radius 2 is 0.786 bits per heavy atom. The molecule has 0 saturated heterocycles. The van der Waals surface area contributed by atoms with Crippen molar-refractivity contribution in [1.82, 2.24) is 0 Å². The molecular weight excluding hydrogens is 360 g/mol. The van der Waals surface area contributed by atoms with Crippen LogP contribution in [0.1, 0.15) is 41.4 Å². The average molecular weight is 374 g/mol. The molecule has 0 aliphatic carbocycles. The van der Waals surface area contributed by atoms with Crippen molar-refractivity contribution < 1.29 is 29.4 Å². The largest absolute Gasteiger partial charge is 0.508 e. The van der Waals surface area contributed by atoms with Crippen LogP contribution in [0.25, 0.3) is 0 Å². The van der Waals surface area contributed by atoms with E-state index in [0.29, 0.717) is 0 Å². The van der Waals surface area contributed by atoms with Crippen molar-refractivity contribution >= 4 is 23.1 Å². The number of hydrogen-bond donors (Lipinski definition) is 2. The molecule has 0 amide bonds. The number of rotatable bonds is 6. The van der Waals surface area contributed by atoms with Gasteiger partial charge in [0.2, 0.25) is 23.1 Å². The van der Waals surface area contributed by atoms with Crippen LogP contribution in [-0.4, -0.2) is 33.3 Å². The second-order valence-corrected chi connectivity index (χ2v) is 5.99. The van der Waals surface area contributed by atoms with Crippen molar-refractivity contribution in [1.29, 1.82) is 0 Å². The van der Waals surface area contributed by atoms with E-state index in [1.807, 2.05) is 0 Å². The lowest BCUT2D eigenvalue weighted by Gasteiger charge is -2.05. The van der Waals surface area contributed by atoms with E-state index in [9.17, 15) is 29.4 Å². The molecule has 0 aliphatic heterocycles. The van der Waals surface area contributed by atoms with Gasteiger partial charge in [0.25, 0.3) is 0 Å². The maximum atomic E-state index is 12.4. The minimum Gasteiger partial charge on any atom is -0.508 e. The Kier molecular flexibility index (Phi) is 5.13. The fourth-order valence-electron chi connectivity index (χ4n) is 2.55. The summed E-state index contributed by atoms with van der Waals surface area (Å²) in [6.45, 7) is 0. The summed E-state index contributed by atoms with van der Waals surface area (Å²) in [5.74, 6) is -3.34. The molecule has 6 heteroatoms. The molecule has 0 unspecified atom stereocenters. The molecule has 0 atom stereocenters. The Bertz CT molecular complexity index is 994. The van der Waals surface area contributed by atoms with Gasteiger partial charge in [-0.1, -0.05) is 18.2 Å². The lowest BCUT2D eigenvalue weighted by molar-refractivity contribution is 0.0812. The highest BCUT2D eigenvalue weighted by atomic mass is 16.3. The Balaban J connectivity index is 1.85. The summed E-state index contributed by atoms with van der Waals surface area (Å²) in [5.41, 5.74) is 0.143. The second-order valence-electron chi connectivity index (χ2n) is 5.99. The topological polar surface area (TPSA) is 109 Å². The molecule has 0 aliphatic rings.